The molecule has 1 rings (SSSR count). The highest BCUT2D eigenvalue weighted by Gasteiger charge is 2.13. The summed E-state index contributed by atoms with van der Waals surface area (Å²) in [6.45, 7) is 1.49. The maximum atomic E-state index is 10.5. The zero-order chi connectivity index (χ0) is 10.7. The maximum absolute atomic E-state index is 10.5. The number of carboxylic acids is 1. The van der Waals surface area contributed by atoms with Gasteiger partial charge in [-0.1, -0.05) is 0 Å². The lowest BCUT2D eigenvalue weighted by molar-refractivity contribution is -0.144. The molecule has 0 spiro atoms. The Morgan fingerprint density at radius 2 is 2.29 bits per heavy atom. The number of benzene rings is 1. The number of carbonyl (C=O) groups is 1. The Bertz CT molecular complexity index is 354. The van der Waals surface area contributed by atoms with Crippen LogP contribution < -0.4 is 4.74 Å². The van der Waals surface area contributed by atoms with Crippen LogP contribution in [0.5, 0.6) is 5.75 Å². The molecule has 0 saturated carbocycles. The van der Waals surface area contributed by atoms with Crippen molar-refractivity contribution in [2.45, 2.75) is 13.0 Å². The third kappa shape index (κ3) is 3.13. The smallest absolute Gasteiger partial charge is 0.344 e. The van der Waals surface area contributed by atoms with Crippen LogP contribution in [0.3, 0.4) is 0 Å². The fraction of sp³-hybridized carbons (Fsp3) is 0.222. The van der Waals surface area contributed by atoms with Gasteiger partial charge in [-0.25, -0.2) is 4.79 Å². The van der Waals surface area contributed by atoms with Gasteiger partial charge in [-0.15, -0.1) is 0 Å². The molecule has 0 amide bonds. The first-order chi connectivity index (χ1) is 6.50. The molecule has 0 fully saturated rings. The van der Waals surface area contributed by atoms with Crippen molar-refractivity contribution in [1.29, 1.82) is 0 Å². The summed E-state index contributed by atoms with van der Waals surface area (Å²) in [5.74, 6) is -0.434. The normalized spacial score (nSPS) is 12.2. The molecule has 0 saturated heterocycles. The summed E-state index contributed by atoms with van der Waals surface area (Å²) in [4.78, 5) is 10.5. The lowest BCUT2D eigenvalue weighted by Crippen LogP contribution is -2.23. The summed E-state index contributed by atoms with van der Waals surface area (Å²) in [5.41, 5.74) is 0. The Balaban J connectivity index is 2.82. The van der Waals surface area contributed by atoms with Crippen LogP contribution in [0, 0.1) is 3.57 Å². The molecule has 3 nitrogen and oxygen atoms in total. The van der Waals surface area contributed by atoms with Crippen molar-refractivity contribution in [2.24, 2.45) is 0 Å². The molecule has 1 N–H and O–H groups in total. The van der Waals surface area contributed by atoms with Crippen LogP contribution in [0.15, 0.2) is 22.7 Å². The number of halogens is 2. The second-order valence-corrected chi connectivity index (χ2v) is 4.77. The molecule has 0 aliphatic carbocycles. The highest BCUT2D eigenvalue weighted by atomic mass is 127. The molecule has 0 unspecified atom stereocenters. The number of aliphatic carboxylic acids is 1. The quantitative estimate of drug-likeness (QED) is 0.832. The van der Waals surface area contributed by atoms with Crippen molar-refractivity contribution >= 4 is 44.5 Å². The second kappa shape index (κ2) is 4.97. The van der Waals surface area contributed by atoms with E-state index in [4.69, 9.17) is 9.84 Å². The molecule has 0 bridgehead atoms. The molecule has 1 aromatic carbocycles. The van der Waals surface area contributed by atoms with E-state index in [1.807, 2.05) is 12.1 Å². The molecule has 0 heterocycles. The van der Waals surface area contributed by atoms with Gasteiger partial charge in [0, 0.05) is 3.57 Å². The fourth-order valence-electron chi connectivity index (χ4n) is 0.812. The minimum absolute atomic E-state index is 0.542. The Hall–Kier alpha value is -0.300. The van der Waals surface area contributed by atoms with Gasteiger partial charge in [0.05, 0.1) is 4.47 Å². The first-order valence-electron chi connectivity index (χ1n) is 3.85. The van der Waals surface area contributed by atoms with Gasteiger partial charge in [-0.2, -0.15) is 0 Å². The minimum atomic E-state index is -0.976. The lowest BCUT2D eigenvalue weighted by atomic mass is 10.3. The van der Waals surface area contributed by atoms with Gasteiger partial charge in [-0.3, -0.25) is 0 Å². The molecule has 0 aromatic heterocycles. The van der Waals surface area contributed by atoms with Crippen molar-refractivity contribution in [3.63, 3.8) is 0 Å². The van der Waals surface area contributed by atoms with Gasteiger partial charge in [0.1, 0.15) is 5.75 Å². The highest BCUT2D eigenvalue weighted by Crippen LogP contribution is 2.27. The highest BCUT2D eigenvalue weighted by molar-refractivity contribution is 14.1. The zero-order valence-electron chi connectivity index (χ0n) is 7.33. The van der Waals surface area contributed by atoms with E-state index in [0.29, 0.717) is 5.75 Å². The lowest BCUT2D eigenvalue weighted by Gasteiger charge is -2.11. The van der Waals surface area contributed by atoms with Crippen molar-refractivity contribution in [3.8, 4) is 5.75 Å². The van der Waals surface area contributed by atoms with Crippen LogP contribution in [-0.2, 0) is 4.79 Å². The molecule has 0 aliphatic heterocycles. The first-order valence-corrected chi connectivity index (χ1v) is 5.72. The molecule has 1 aromatic rings. The molecule has 0 radical (unpaired) electrons. The van der Waals surface area contributed by atoms with Gasteiger partial charge in [0.15, 0.2) is 6.10 Å². The summed E-state index contributed by atoms with van der Waals surface area (Å²) in [5, 5.41) is 8.65. The summed E-state index contributed by atoms with van der Waals surface area (Å²) in [6.07, 6.45) is -0.841. The Morgan fingerprint density at radius 1 is 1.64 bits per heavy atom. The predicted octanol–water partition coefficient (Wildman–Crippen LogP) is 2.91. The van der Waals surface area contributed by atoms with Gasteiger partial charge in [0.2, 0.25) is 0 Å². The third-order valence-electron chi connectivity index (χ3n) is 1.55. The Kier molecular flexibility index (Phi) is 4.18. The fourth-order valence-corrected chi connectivity index (χ4v) is 2.20. The van der Waals surface area contributed by atoms with Gasteiger partial charge in [0.25, 0.3) is 0 Å². The number of hydrogen-bond acceptors (Lipinski definition) is 2. The molecular formula is C9H8BrIO3. The molecule has 76 valence electrons. The molecule has 14 heavy (non-hydrogen) atoms. The maximum Gasteiger partial charge on any atom is 0.344 e. The average molecular weight is 371 g/mol. The zero-order valence-corrected chi connectivity index (χ0v) is 11.1. The van der Waals surface area contributed by atoms with E-state index < -0.39 is 12.1 Å². The topological polar surface area (TPSA) is 46.5 Å². The molecule has 5 heteroatoms. The first kappa shape index (κ1) is 11.8. The second-order valence-electron chi connectivity index (χ2n) is 2.67. The van der Waals surface area contributed by atoms with Crippen LogP contribution in [0.1, 0.15) is 6.92 Å². The Morgan fingerprint density at radius 3 is 2.79 bits per heavy atom. The molecule has 0 aliphatic rings. The van der Waals surface area contributed by atoms with Crippen LogP contribution in [-0.4, -0.2) is 17.2 Å². The van der Waals surface area contributed by atoms with Crippen molar-refractivity contribution < 1.29 is 14.6 Å². The minimum Gasteiger partial charge on any atom is -0.479 e. The molecule has 1 atom stereocenters. The van der Waals surface area contributed by atoms with Gasteiger partial charge < -0.3 is 9.84 Å². The van der Waals surface area contributed by atoms with Crippen LogP contribution >= 0.6 is 38.5 Å². The van der Waals surface area contributed by atoms with E-state index >= 15 is 0 Å². The van der Waals surface area contributed by atoms with E-state index in [2.05, 4.69) is 38.5 Å². The summed E-state index contributed by atoms with van der Waals surface area (Å²) in [7, 11) is 0. The van der Waals surface area contributed by atoms with E-state index in [0.717, 1.165) is 8.04 Å². The van der Waals surface area contributed by atoms with Gasteiger partial charge >= 0.3 is 5.97 Å². The van der Waals surface area contributed by atoms with Crippen molar-refractivity contribution in [3.05, 3.63) is 26.2 Å². The van der Waals surface area contributed by atoms with E-state index in [1.54, 1.807) is 6.07 Å². The standard InChI is InChI=1S/C9H8BrIO3/c1-5(9(12)13)14-8-3-2-6(11)4-7(8)10/h2-5H,1H3,(H,12,13)/t5-/m0/s1. The summed E-state index contributed by atoms with van der Waals surface area (Å²) in [6, 6.07) is 5.46. The SMILES string of the molecule is C[C@H](Oc1ccc(I)cc1Br)C(=O)O. The van der Waals surface area contributed by atoms with Crippen LogP contribution in [0.4, 0.5) is 0 Å². The summed E-state index contributed by atoms with van der Waals surface area (Å²) >= 11 is 5.47. The van der Waals surface area contributed by atoms with Crippen molar-refractivity contribution in [1.82, 2.24) is 0 Å². The van der Waals surface area contributed by atoms with E-state index in [1.165, 1.54) is 6.92 Å². The number of ether oxygens (including phenoxy) is 1. The Labute approximate surface area is 104 Å². The number of hydrogen-bond donors (Lipinski definition) is 1. The average Bonchev–Trinajstić information content (AvgIpc) is 2.09. The number of carboxylic acid groups (broad SMARTS) is 1. The third-order valence-corrected chi connectivity index (χ3v) is 2.84. The van der Waals surface area contributed by atoms with Crippen LogP contribution in [0.25, 0.3) is 0 Å². The predicted molar refractivity (Wildman–Crippen MR) is 64.6 cm³/mol. The molecular weight excluding hydrogens is 363 g/mol. The summed E-state index contributed by atoms with van der Waals surface area (Å²) < 4.78 is 7.03. The van der Waals surface area contributed by atoms with E-state index in [-0.39, 0.29) is 0 Å². The van der Waals surface area contributed by atoms with E-state index in [9.17, 15) is 4.79 Å². The monoisotopic (exact) mass is 370 g/mol. The van der Waals surface area contributed by atoms with Crippen molar-refractivity contribution in [2.75, 3.05) is 0 Å². The largest absolute Gasteiger partial charge is 0.479 e. The number of rotatable bonds is 3. The van der Waals surface area contributed by atoms with Crippen LogP contribution in [0.2, 0.25) is 0 Å². The van der Waals surface area contributed by atoms with Gasteiger partial charge in [-0.05, 0) is 63.6 Å².